The summed E-state index contributed by atoms with van der Waals surface area (Å²) in [6, 6.07) is 6.94. The van der Waals surface area contributed by atoms with Crippen LogP contribution in [0, 0.1) is 11.6 Å². The van der Waals surface area contributed by atoms with Crippen LogP contribution < -0.4 is 9.47 Å². The molecule has 2 nitrogen and oxygen atoms in total. The number of methoxy groups -OCH3 is 1. The molecule has 0 heterocycles. The first-order valence-corrected chi connectivity index (χ1v) is 5.70. The van der Waals surface area contributed by atoms with Crippen LogP contribution in [0.3, 0.4) is 0 Å². The third kappa shape index (κ3) is 3.42. The van der Waals surface area contributed by atoms with Gasteiger partial charge in [-0.1, -0.05) is 12.1 Å². The maximum Gasteiger partial charge on any atom is 0.573 e. The second-order valence-electron chi connectivity index (χ2n) is 4.02. The second kappa shape index (κ2) is 5.59. The average Bonchev–Trinajstić information content (AvgIpc) is 2.41. The molecular formula is C14H9F5O2. The Morgan fingerprint density at radius 1 is 0.857 bits per heavy atom. The first-order chi connectivity index (χ1) is 9.81. The van der Waals surface area contributed by atoms with E-state index in [0.29, 0.717) is 0 Å². The molecule has 2 aromatic carbocycles. The normalized spacial score (nSPS) is 11.3. The van der Waals surface area contributed by atoms with E-state index in [1.165, 1.54) is 31.4 Å². The van der Waals surface area contributed by atoms with Gasteiger partial charge in [-0.3, -0.25) is 0 Å². The van der Waals surface area contributed by atoms with Crippen molar-refractivity contribution < 1.29 is 31.4 Å². The summed E-state index contributed by atoms with van der Waals surface area (Å²) in [7, 11) is 1.20. The van der Waals surface area contributed by atoms with Crippen LogP contribution in [0.2, 0.25) is 0 Å². The van der Waals surface area contributed by atoms with E-state index in [4.69, 9.17) is 0 Å². The molecule has 0 aliphatic carbocycles. The lowest BCUT2D eigenvalue weighted by molar-refractivity contribution is -0.274. The van der Waals surface area contributed by atoms with Crippen LogP contribution >= 0.6 is 0 Å². The summed E-state index contributed by atoms with van der Waals surface area (Å²) in [5.74, 6) is -3.00. The largest absolute Gasteiger partial charge is 0.573 e. The number of benzene rings is 2. The van der Waals surface area contributed by atoms with E-state index in [2.05, 4.69) is 9.47 Å². The Balaban J connectivity index is 2.33. The van der Waals surface area contributed by atoms with Gasteiger partial charge >= 0.3 is 6.36 Å². The third-order valence-corrected chi connectivity index (χ3v) is 2.67. The molecule has 0 saturated heterocycles. The smallest absolute Gasteiger partial charge is 0.494 e. The molecule has 0 saturated carbocycles. The van der Waals surface area contributed by atoms with Gasteiger partial charge in [0.25, 0.3) is 0 Å². The van der Waals surface area contributed by atoms with Crippen LogP contribution in [-0.4, -0.2) is 13.5 Å². The molecular weight excluding hydrogens is 295 g/mol. The van der Waals surface area contributed by atoms with Crippen LogP contribution in [0.4, 0.5) is 22.0 Å². The molecule has 0 fully saturated rings. The molecule has 112 valence electrons. The molecule has 0 radical (unpaired) electrons. The highest BCUT2D eigenvalue weighted by Crippen LogP contribution is 2.31. The Kier molecular flexibility index (Phi) is 4.02. The Morgan fingerprint density at radius 3 is 2.00 bits per heavy atom. The monoisotopic (exact) mass is 304 g/mol. The highest BCUT2D eigenvalue weighted by Gasteiger charge is 2.31. The Bertz CT molecular complexity index is 635. The summed E-state index contributed by atoms with van der Waals surface area (Å²) in [4.78, 5) is 0. The van der Waals surface area contributed by atoms with E-state index in [9.17, 15) is 22.0 Å². The molecule has 0 spiro atoms. The molecule has 0 unspecified atom stereocenters. The molecule has 0 bridgehead atoms. The lowest BCUT2D eigenvalue weighted by atomic mass is 10.0. The minimum atomic E-state index is -4.81. The van der Waals surface area contributed by atoms with Gasteiger partial charge in [0.1, 0.15) is 5.75 Å². The summed E-state index contributed by atoms with van der Waals surface area (Å²) >= 11 is 0. The average molecular weight is 304 g/mol. The van der Waals surface area contributed by atoms with E-state index in [0.717, 1.165) is 12.1 Å². The maximum absolute atomic E-state index is 13.8. The first kappa shape index (κ1) is 15.1. The fraction of sp³-hybridized carbons (Fsp3) is 0.143. The lowest BCUT2D eigenvalue weighted by Gasteiger charge is -2.10. The topological polar surface area (TPSA) is 18.5 Å². The van der Waals surface area contributed by atoms with Crippen molar-refractivity contribution >= 4 is 0 Å². The Morgan fingerprint density at radius 2 is 1.48 bits per heavy atom. The van der Waals surface area contributed by atoms with E-state index in [1.807, 2.05) is 0 Å². The van der Waals surface area contributed by atoms with Crippen molar-refractivity contribution in [3.63, 3.8) is 0 Å². The van der Waals surface area contributed by atoms with Crippen molar-refractivity contribution in [3.8, 4) is 22.6 Å². The van der Waals surface area contributed by atoms with Gasteiger partial charge in [-0.05, 0) is 29.8 Å². The maximum atomic E-state index is 13.8. The molecule has 0 N–H and O–H groups in total. The minimum absolute atomic E-state index is 0.0909. The van der Waals surface area contributed by atoms with Gasteiger partial charge in [0.2, 0.25) is 5.82 Å². The van der Waals surface area contributed by atoms with Gasteiger partial charge in [-0.15, -0.1) is 13.2 Å². The van der Waals surface area contributed by atoms with E-state index in [-0.39, 0.29) is 16.9 Å². The molecule has 0 amide bonds. The fourth-order valence-corrected chi connectivity index (χ4v) is 1.75. The van der Waals surface area contributed by atoms with Gasteiger partial charge in [0.05, 0.1) is 7.11 Å². The number of alkyl halides is 3. The van der Waals surface area contributed by atoms with Crippen molar-refractivity contribution in [2.24, 2.45) is 0 Å². The van der Waals surface area contributed by atoms with Crippen molar-refractivity contribution in [1.29, 1.82) is 0 Å². The zero-order chi connectivity index (χ0) is 15.6. The van der Waals surface area contributed by atoms with E-state index >= 15 is 0 Å². The summed E-state index contributed by atoms with van der Waals surface area (Å²) in [6.45, 7) is 0. The van der Waals surface area contributed by atoms with Gasteiger partial charge in [-0.2, -0.15) is 4.39 Å². The third-order valence-electron chi connectivity index (χ3n) is 2.67. The number of hydrogen-bond donors (Lipinski definition) is 0. The predicted molar refractivity (Wildman–Crippen MR) is 65.0 cm³/mol. The lowest BCUT2D eigenvalue weighted by Crippen LogP contribution is -2.16. The van der Waals surface area contributed by atoms with Crippen LogP contribution in [0.1, 0.15) is 0 Å². The molecule has 2 aromatic rings. The second-order valence-corrected chi connectivity index (χ2v) is 4.02. The predicted octanol–water partition coefficient (Wildman–Crippen LogP) is 4.54. The zero-order valence-corrected chi connectivity index (χ0v) is 10.7. The number of rotatable bonds is 3. The highest BCUT2D eigenvalue weighted by atomic mass is 19.4. The van der Waals surface area contributed by atoms with Gasteiger partial charge in [0, 0.05) is 5.56 Å². The van der Waals surface area contributed by atoms with E-state index in [1.54, 1.807) is 0 Å². The standard InChI is InChI=1S/C14H9F5O2/c1-20-11-7-6-10(12(15)13(11)16)8-2-4-9(5-3-8)21-14(17,18)19/h2-7H,1H3. The first-order valence-electron chi connectivity index (χ1n) is 5.70. The summed E-state index contributed by atoms with van der Waals surface area (Å²) in [5, 5.41) is 0. The number of halogens is 5. The number of hydrogen-bond acceptors (Lipinski definition) is 2. The van der Waals surface area contributed by atoms with Crippen molar-refractivity contribution in [2.45, 2.75) is 6.36 Å². The molecule has 21 heavy (non-hydrogen) atoms. The fourth-order valence-electron chi connectivity index (χ4n) is 1.75. The molecule has 0 aliphatic rings. The zero-order valence-electron chi connectivity index (χ0n) is 10.7. The molecule has 0 aliphatic heterocycles. The Hall–Kier alpha value is -2.31. The summed E-state index contributed by atoms with van der Waals surface area (Å²) in [5.41, 5.74) is 0.121. The van der Waals surface area contributed by atoms with Crippen molar-refractivity contribution in [1.82, 2.24) is 0 Å². The van der Waals surface area contributed by atoms with Crippen LogP contribution in [-0.2, 0) is 0 Å². The summed E-state index contributed by atoms with van der Waals surface area (Å²) in [6.07, 6.45) is -4.81. The quantitative estimate of drug-likeness (QED) is 0.775. The SMILES string of the molecule is COc1ccc(-c2ccc(OC(F)(F)F)cc2)c(F)c1F. The van der Waals surface area contributed by atoms with Crippen molar-refractivity contribution in [3.05, 3.63) is 48.0 Å². The van der Waals surface area contributed by atoms with Crippen LogP contribution in [0.25, 0.3) is 11.1 Å². The van der Waals surface area contributed by atoms with Gasteiger partial charge < -0.3 is 9.47 Å². The highest BCUT2D eigenvalue weighted by molar-refractivity contribution is 5.66. The minimum Gasteiger partial charge on any atom is -0.494 e. The van der Waals surface area contributed by atoms with Gasteiger partial charge in [-0.25, -0.2) is 4.39 Å². The van der Waals surface area contributed by atoms with Gasteiger partial charge in [0.15, 0.2) is 11.6 Å². The Labute approximate surface area is 116 Å². The van der Waals surface area contributed by atoms with Crippen LogP contribution in [0.15, 0.2) is 36.4 Å². The number of ether oxygens (including phenoxy) is 2. The molecule has 0 aromatic heterocycles. The summed E-state index contributed by atoms with van der Waals surface area (Å²) < 4.78 is 71.8. The molecule has 0 atom stereocenters. The van der Waals surface area contributed by atoms with Crippen molar-refractivity contribution in [2.75, 3.05) is 7.11 Å². The molecule has 7 heteroatoms. The van der Waals surface area contributed by atoms with Crippen LogP contribution in [0.5, 0.6) is 11.5 Å². The molecule has 2 rings (SSSR count). The van der Waals surface area contributed by atoms with E-state index < -0.39 is 23.7 Å².